The van der Waals surface area contributed by atoms with Crippen molar-refractivity contribution in [2.75, 3.05) is 0 Å². The van der Waals surface area contributed by atoms with E-state index >= 15 is 0 Å². The zero-order valence-corrected chi connectivity index (χ0v) is 11.6. The number of carbonyl (C=O) groups excluding carboxylic acids is 1. The van der Waals surface area contributed by atoms with E-state index in [0.717, 1.165) is 12.8 Å². The molecule has 1 aliphatic carbocycles. The number of halogens is 1. The van der Waals surface area contributed by atoms with Gasteiger partial charge in [-0.15, -0.1) is 0 Å². The van der Waals surface area contributed by atoms with E-state index in [4.69, 9.17) is 5.11 Å². The van der Waals surface area contributed by atoms with Crippen LogP contribution in [0.4, 0.5) is 4.39 Å². The largest absolute Gasteiger partial charge is 0.481 e. The summed E-state index contributed by atoms with van der Waals surface area (Å²) in [5.74, 6) is -1.62. The van der Waals surface area contributed by atoms with E-state index in [1.54, 1.807) is 12.1 Å². The molecule has 1 aromatic carbocycles. The molecule has 1 saturated carbocycles. The highest BCUT2D eigenvalue weighted by Gasteiger charge is 2.36. The Labute approximate surface area is 122 Å². The Morgan fingerprint density at radius 1 is 1.33 bits per heavy atom. The van der Waals surface area contributed by atoms with Gasteiger partial charge in [-0.25, -0.2) is 4.39 Å². The molecule has 0 radical (unpaired) electrons. The summed E-state index contributed by atoms with van der Waals surface area (Å²) >= 11 is 0. The van der Waals surface area contributed by atoms with Crippen LogP contribution in [0.25, 0.3) is 6.08 Å². The first-order valence-electron chi connectivity index (χ1n) is 6.97. The van der Waals surface area contributed by atoms with E-state index in [1.165, 1.54) is 24.3 Å². The van der Waals surface area contributed by atoms with Crippen molar-refractivity contribution in [2.45, 2.75) is 37.6 Å². The van der Waals surface area contributed by atoms with Crippen LogP contribution in [0.5, 0.6) is 0 Å². The summed E-state index contributed by atoms with van der Waals surface area (Å²) in [7, 11) is 0. The van der Waals surface area contributed by atoms with Crippen LogP contribution in [0.15, 0.2) is 30.3 Å². The molecule has 0 unspecified atom stereocenters. The molecule has 1 aliphatic rings. The quantitative estimate of drug-likeness (QED) is 0.820. The lowest BCUT2D eigenvalue weighted by atomic mass is 9.93. The minimum atomic E-state index is -0.911. The van der Waals surface area contributed by atoms with Gasteiger partial charge in [0, 0.05) is 6.08 Å². The third-order valence-corrected chi connectivity index (χ3v) is 3.71. The summed E-state index contributed by atoms with van der Waals surface area (Å²) in [6, 6.07) is 5.91. The van der Waals surface area contributed by atoms with E-state index in [-0.39, 0.29) is 18.1 Å². The molecule has 2 N–H and O–H groups in total. The average molecular weight is 291 g/mol. The van der Waals surface area contributed by atoms with E-state index in [0.29, 0.717) is 18.4 Å². The third-order valence-electron chi connectivity index (χ3n) is 3.71. The number of amides is 1. The molecule has 0 aliphatic heterocycles. The monoisotopic (exact) mass is 291 g/mol. The standard InChI is InChI=1S/C16H18FNO3/c17-13-5-3-4-12(10-13)6-7-14(19)18-16(11-15(20)21)8-1-2-9-16/h3-7,10H,1-2,8-9,11H2,(H,18,19)(H,20,21). The van der Waals surface area contributed by atoms with Gasteiger partial charge in [0.25, 0.3) is 0 Å². The summed E-state index contributed by atoms with van der Waals surface area (Å²) in [5.41, 5.74) is -0.0568. The fourth-order valence-electron chi connectivity index (χ4n) is 2.77. The van der Waals surface area contributed by atoms with Crippen molar-refractivity contribution in [3.63, 3.8) is 0 Å². The molecule has 1 fully saturated rings. The van der Waals surface area contributed by atoms with Crippen LogP contribution in [0, 0.1) is 5.82 Å². The van der Waals surface area contributed by atoms with Crippen molar-refractivity contribution < 1.29 is 19.1 Å². The number of carboxylic acids is 1. The number of benzene rings is 1. The van der Waals surface area contributed by atoms with Gasteiger partial charge in [0.15, 0.2) is 0 Å². The second-order valence-corrected chi connectivity index (χ2v) is 5.44. The van der Waals surface area contributed by atoms with Crippen LogP contribution in [0.3, 0.4) is 0 Å². The maximum Gasteiger partial charge on any atom is 0.305 e. The molecule has 1 aromatic rings. The molecule has 4 nitrogen and oxygen atoms in total. The van der Waals surface area contributed by atoms with Crippen LogP contribution < -0.4 is 5.32 Å². The number of rotatable bonds is 5. The number of hydrogen-bond donors (Lipinski definition) is 2. The Kier molecular flexibility index (Phi) is 4.73. The van der Waals surface area contributed by atoms with Gasteiger partial charge >= 0.3 is 5.97 Å². The number of carboxylic acid groups (broad SMARTS) is 1. The van der Waals surface area contributed by atoms with Gasteiger partial charge < -0.3 is 10.4 Å². The van der Waals surface area contributed by atoms with E-state index < -0.39 is 11.5 Å². The molecule has 0 heterocycles. The first-order chi connectivity index (χ1) is 9.99. The molecule has 5 heteroatoms. The van der Waals surface area contributed by atoms with Crippen molar-refractivity contribution in [2.24, 2.45) is 0 Å². The van der Waals surface area contributed by atoms with Gasteiger partial charge in [0.05, 0.1) is 12.0 Å². The molecule has 21 heavy (non-hydrogen) atoms. The van der Waals surface area contributed by atoms with Gasteiger partial charge in [0.2, 0.25) is 5.91 Å². The zero-order valence-electron chi connectivity index (χ0n) is 11.6. The van der Waals surface area contributed by atoms with Gasteiger partial charge in [-0.05, 0) is 36.6 Å². The molecule has 0 atom stereocenters. The van der Waals surface area contributed by atoms with Crippen molar-refractivity contribution >= 4 is 18.0 Å². The van der Waals surface area contributed by atoms with E-state index in [9.17, 15) is 14.0 Å². The molecule has 0 aromatic heterocycles. The van der Waals surface area contributed by atoms with Crippen LogP contribution in [0.1, 0.15) is 37.7 Å². The Balaban J connectivity index is 2.01. The molecule has 0 saturated heterocycles. The molecule has 1 amide bonds. The third kappa shape index (κ3) is 4.41. The molecule has 0 spiro atoms. The van der Waals surface area contributed by atoms with Crippen molar-refractivity contribution in [1.29, 1.82) is 0 Å². The summed E-state index contributed by atoms with van der Waals surface area (Å²) in [6.45, 7) is 0. The summed E-state index contributed by atoms with van der Waals surface area (Å²) < 4.78 is 13.0. The highest BCUT2D eigenvalue weighted by atomic mass is 19.1. The Hall–Kier alpha value is -2.17. The van der Waals surface area contributed by atoms with Crippen LogP contribution in [-0.2, 0) is 9.59 Å². The molecule has 112 valence electrons. The average Bonchev–Trinajstić information content (AvgIpc) is 2.83. The van der Waals surface area contributed by atoms with Crippen molar-refractivity contribution in [3.05, 3.63) is 41.7 Å². The number of aliphatic carboxylic acids is 1. The summed E-state index contributed by atoms with van der Waals surface area (Å²) in [5, 5.41) is 11.8. The van der Waals surface area contributed by atoms with E-state index in [1.807, 2.05) is 0 Å². The highest BCUT2D eigenvalue weighted by molar-refractivity contribution is 5.92. The SMILES string of the molecule is O=C(O)CC1(NC(=O)C=Cc2cccc(F)c2)CCCC1. The van der Waals surface area contributed by atoms with Crippen molar-refractivity contribution in [3.8, 4) is 0 Å². The lowest BCUT2D eigenvalue weighted by molar-refractivity contribution is -0.139. The van der Waals surface area contributed by atoms with Gasteiger partial charge in [-0.3, -0.25) is 9.59 Å². The lowest BCUT2D eigenvalue weighted by Gasteiger charge is -2.28. The number of nitrogens with one attached hydrogen (secondary N) is 1. The zero-order chi connectivity index (χ0) is 15.3. The first kappa shape index (κ1) is 15.2. The maximum absolute atomic E-state index is 13.0. The summed E-state index contributed by atoms with van der Waals surface area (Å²) in [4.78, 5) is 22.9. The minimum Gasteiger partial charge on any atom is -0.481 e. The Morgan fingerprint density at radius 3 is 2.67 bits per heavy atom. The predicted octanol–water partition coefficient (Wildman–Crippen LogP) is 2.74. The maximum atomic E-state index is 13.0. The van der Waals surface area contributed by atoms with Gasteiger partial charge in [-0.2, -0.15) is 0 Å². The smallest absolute Gasteiger partial charge is 0.305 e. The molecular weight excluding hydrogens is 273 g/mol. The first-order valence-corrected chi connectivity index (χ1v) is 6.97. The fraction of sp³-hybridized carbons (Fsp3) is 0.375. The Morgan fingerprint density at radius 2 is 2.05 bits per heavy atom. The van der Waals surface area contributed by atoms with Crippen LogP contribution in [-0.4, -0.2) is 22.5 Å². The summed E-state index contributed by atoms with van der Waals surface area (Å²) in [6.07, 6.45) is 5.96. The highest BCUT2D eigenvalue weighted by Crippen LogP contribution is 2.32. The van der Waals surface area contributed by atoms with Gasteiger partial charge in [0.1, 0.15) is 5.82 Å². The predicted molar refractivity (Wildman–Crippen MR) is 77.0 cm³/mol. The lowest BCUT2D eigenvalue weighted by Crippen LogP contribution is -2.47. The second kappa shape index (κ2) is 6.52. The molecular formula is C16H18FNO3. The topological polar surface area (TPSA) is 66.4 Å². The van der Waals surface area contributed by atoms with Crippen LogP contribution >= 0.6 is 0 Å². The van der Waals surface area contributed by atoms with Crippen molar-refractivity contribution in [1.82, 2.24) is 5.32 Å². The number of carbonyl (C=O) groups is 2. The second-order valence-electron chi connectivity index (χ2n) is 5.44. The van der Waals surface area contributed by atoms with E-state index in [2.05, 4.69) is 5.32 Å². The van der Waals surface area contributed by atoms with Crippen LogP contribution in [0.2, 0.25) is 0 Å². The molecule has 2 rings (SSSR count). The normalized spacial score (nSPS) is 17.0. The number of hydrogen-bond acceptors (Lipinski definition) is 2. The Bertz CT molecular complexity index is 562. The fourth-order valence-corrected chi connectivity index (χ4v) is 2.77. The minimum absolute atomic E-state index is 0.0630. The molecule has 0 bridgehead atoms. The van der Waals surface area contributed by atoms with Gasteiger partial charge in [-0.1, -0.05) is 25.0 Å².